The molecule has 0 aliphatic rings. The Morgan fingerprint density at radius 2 is 1.95 bits per heavy atom. The minimum Gasteiger partial charge on any atom is -0.475 e. The second-order valence-electron chi connectivity index (χ2n) is 4.22. The van der Waals surface area contributed by atoms with E-state index in [1.807, 2.05) is 31.2 Å². The summed E-state index contributed by atoms with van der Waals surface area (Å²) in [6.07, 6.45) is 0. The second kappa shape index (κ2) is 5.92. The number of carbonyl (C=O) groups excluding carboxylic acids is 1. The van der Waals surface area contributed by atoms with E-state index in [0.29, 0.717) is 0 Å². The zero-order chi connectivity index (χ0) is 14.7. The fourth-order valence-corrected chi connectivity index (χ4v) is 2.12. The van der Waals surface area contributed by atoms with Crippen LogP contribution in [0.3, 0.4) is 0 Å². The maximum Gasteiger partial charge on any atom is 0.371 e. The predicted octanol–water partition coefficient (Wildman–Crippen LogP) is 3.23. The Kier molecular flexibility index (Phi) is 4.24. The molecule has 0 saturated carbocycles. The molecule has 1 aromatic carbocycles. The van der Waals surface area contributed by atoms with Gasteiger partial charge in [-0.3, -0.25) is 4.79 Å². The number of hydrogen-bond acceptors (Lipinski definition) is 3. The first-order valence-electron chi connectivity index (χ1n) is 5.87. The molecule has 20 heavy (non-hydrogen) atoms. The molecule has 0 saturated heterocycles. The van der Waals surface area contributed by atoms with Crippen LogP contribution >= 0.6 is 15.9 Å². The number of hydrogen-bond donors (Lipinski definition) is 2. The van der Waals surface area contributed by atoms with Crippen molar-refractivity contribution in [3.05, 3.63) is 58.0 Å². The molecule has 2 aromatic rings. The summed E-state index contributed by atoms with van der Waals surface area (Å²) in [5.74, 6) is -1.94. The summed E-state index contributed by atoms with van der Waals surface area (Å²) in [6, 6.07) is 9.92. The molecular formula is C14H12BrNO4. The molecule has 1 unspecified atom stereocenters. The lowest BCUT2D eigenvalue weighted by molar-refractivity contribution is 0.0659. The number of nitrogens with one attached hydrogen (secondary N) is 1. The third kappa shape index (κ3) is 3.27. The minimum absolute atomic E-state index is 0.0238. The van der Waals surface area contributed by atoms with Gasteiger partial charge in [0.25, 0.3) is 5.91 Å². The van der Waals surface area contributed by atoms with E-state index in [2.05, 4.69) is 21.2 Å². The van der Waals surface area contributed by atoms with E-state index in [4.69, 9.17) is 9.52 Å². The van der Waals surface area contributed by atoms with Crippen molar-refractivity contribution in [2.45, 2.75) is 13.0 Å². The predicted molar refractivity (Wildman–Crippen MR) is 75.7 cm³/mol. The van der Waals surface area contributed by atoms with Crippen LogP contribution in [0.1, 0.15) is 39.6 Å². The van der Waals surface area contributed by atoms with Crippen LogP contribution in [0.5, 0.6) is 0 Å². The first-order valence-corrected chi connectivity index (χ1v) is 6.66. The Morgan fingerprint density at radius 1 is 1.25 bits per heavy atom. The average molecular weight is 338 g/mol. The number of furan rings is 1. The van der Waals surface area contributed by atoms with Gasteiger partial charge in [0.15, 0.2) is 5.76 Å². The Balaban J connectivity index is 2.08. The number of halogens is 1. The summed E-state index contributed by atoms with van der Waals surface area (Å²) in [4.78, 5) is 22.6. The van der Waals surface area contributed by atoms with Gasteiger partial charge in [-0.05, 0) is 36.8 Å². The van der Waals surface area contributed by atoms with Crippen LogP contribution in [-0.4, -0.2) is 17.0 Å². The monoisotopic (exact) mass is 337 g/mol. The molecule has 0 aliphatic carbocycles. The SMILES string of the molecule is CC(NC(=O)c1ccc(C(=O)O)o1)c1cccc(Br)c1. The highest BCUT2D eigenvalue weighted by atomic mass is 79.9. The lowest BCUT2D eigenvalue weighted by Gasteiger charge is -2.13. The van der Waals surface area contributed by atoms with Gasteiger partial charge in [-0.25, -0.2) is 4.79 Å². The number of carboxylic acids is 1. The topological polar surface area (TPSA) is 79.5 Å². The molecule has 2 rings (SSSR count). The number of rotatable bonds is 4. The van der Waals surface area contributed by atoms with Crippen molar-refractivity contribution in [1.82, 2.24) is 5.32 Å². The minimum atomic E-state index is -1.20. The largest absolute Gasteiger partial charge is 0.475 e. The van der Waals surface area contributed by atoms with E-state index in [0.717, 1.165) is 10.0 Å². The van der Waals surface area contributed by atoms with Crippen molar-refractivity contribution in [2.24, 2.45) is 0 Å². The molecule has 1 amide bonds. The standard InChI is InChI=1S/C14H12BrNO4/c1-8(9-3-2-4-10(15)7-9)16-13(17)11-5-6-12(20-11)14(18)19/h2-8H,1H3,(H,16,17)(H,18,19). The smallest absolute Gasteiger partial charge is 0.371 e. The van der Waals surface area contributed by atoms with Gasteiger partial charge in [0.2, 0.25) is 5.76 Å². The van der Waals surface area contributed by atoms with Gasteiger partial charge in [0.1, 0.15) is 0 Å². The van der Waals surface area contributed by atoms with E-state index in [-0.39, 0.29) is 17.6 Å². The van der Waals surface area contributed by atoms with Gasteiger partial charge >= 0.3 is 5.97 Å². The van der Waals surface area contributed by atoms with Crippen LogP contribution in [0, 0.1) is 0 Å². The Bertz CT molecular complexity index is 650. The molecule has 0 aliphatic heterocycles. The summed E-state index contributed by atoms with van der Waals surface area (Å²) in [6.45, 7) is 1.83. The molecule has 0 spiro atoms. The summed E-state index contributed by atoms with van der Waals surface area (Å²) >= 11 is 3.36. The summed E-state index contributed by atoms with van der Waals surface area (Å²) in [7, 11) is 0. The number of carboxylic acid groups (broad SMARTS) is 1. The molecular weight excluding hydrogens is 326 g/mol. The van der Waals surface area contributed by atoms with Crippen molar-refractivity contribution in [1.29, 1.82) is 0 Å². The van der Waals surface area contributed by atoms with Crippen LogP contribution in [-0.2, 0) is 0 Å². The fraction of sp³-hybridized carbons (Fsp3) is 0.143. The molecule has 5 nitrogen and oxygen atoms in total. The van der Waals surface area contributed by atoms with E-state index >= 15 is 0 Å². The summed E-state index contributed by atoms with van der Waals surface area (Å²) in [5, 5.41) is 11.5. The molecule has 0 radical (unpaired) electrons. The highest BCUT2D eigenvalue weighted by Gasteiger charge is 2.17. The Morgan fingerprint density at radius 3 is 2.55 bits per heavy atom. The number of aromatic carboxylic acids is 1. The first kappa shape index (κ1) is 14.3. The second-order valence-corrected chi connectivity index (χ2v) is 5.13. The van der Waals surface area contributed by atoms with Crippen LogP contribution in [0.25, 0.3) is 0 Å². The zero-order valence-corrected chi connectivity index (χ0v) is 12.2. The third-order valence-corrected chi connectivity index (χ3v) is 3.23. The van der Waals surface area contributed by atoms with Gasteiger partial charge in [-0.2, -0.15) is 0 Å². The normalized spacial score (nSPS) is 11.9. The van der Waals surface area contributed by atoms with Crippen LogP contribution in [0.2, 0.25) is 0 Å². The fourth-order valence-electron chi connectivity index (χ4n) is 1.70. The number of carbonyl (C=O) groups is 2. The quantitative estimate of drug-likeness (QED) is 0.897. The van der Waals surface area contributed by atoms with Crippen LogP contribution in [0.15, 0.2) is 45.3 Å². The van der Waals surface area contributed by atoms with Crippen molar-refractivity contribution in [2.75, 3.05) is 0 Å². The molecule has 2 N–H and O–H groups in total. The summed E-state index contributed by atoms with van der Waals surface area (Å²) < 4.78 is 5.87. The van der Waals surface area contributed by atoms with E-state index < -0.39 is 11.9 Å². The lowest BCUT2D eigenvalue weighted by Crippen LogP contribution is -2.26. The van der Waals surface area contributed by atoms with Crippen molar-refractivity contribution in [3.8, 4) is 0 Å². The number of benzene rings is 1. The maximum absolute atomic E-state index is 11.9. The Hall–Kier alpha value is -2.08. The van der Waals surface area contributed by atoms with E-state index in [1.54, 1.807) is 0 Å². The van der Waals surface area contributed by atoms with E-state index in [1.165, 1.54) is 12.1 Å². The molecule has 0 bridgehead atoms. The zero-order valence-electron chi connectivity index (χ0n) is 10.6. The van der Waals surface area contributed by atoms with Gasteiger partial charge < -0.3 is 14.8 Å². The first-order chi connectivity index (χ1) is 9.47. The van der Waals surface area contributed by atoms with E-state index in [9.17, 15) is 9.59 Å². The van der Waals surface area contributed by atoms with Gasteiger partial charge in [-0.15, -0.1) is 0 Å². The Labute approximate surface area is 123 Å². The van der Waals surface area contributed by atoms with Gasteiger partial charge in [-0.1, -0.05) is 28.1 Å². The average Bonchev–Trinajstić information content (AvgIpc) is 2.88. The number of amides is 1. The summed E-state index contributed by atoms with van der Waals surface area (Å²) in [5.41, 5.74) is 0.928. The molecule has 104 valence electrons. The van der Waals surface area contributed by atoms with Crippen LogP contribution in [0.4, 0.5) is 0 Å². The van der Waals surface area contributed by atoms with Crippen molar-refractivity contribution in [3.63, 3.8) is 0 Å². The van der Waals surface area contributed by atoms with Crippen molar-refractivity contribution < 1.29 is 19.1 Å². The molecule has 1 heterocycles. The third-order valence-electron chi connectivity index (χ3n) is 2.74. The van der Waals surface area contributed by atoms with Crippen LogP contribution < -0.4 is 5.32 Å². The van der Waals surface area contributed by atoms with Gasteiger partial charge in [0, 0.05) is 4.47 Å². The van der Waals surface area contributed by atoms with Gasteiger partial charge in [0.05, 0.1) is 6.04 Å². The maximum atomic E-state index is 11.9. The molecule has 1 aromatic heterocycles. The molecule has 0 fully saturated rings. The molecule has 6 heteroatoms. The van der Waals surface area contributed by atoms with Crippen molar-refractivity contribution >= 4 is 27.8 Å². The highest BCUT2D eigenvalue weighted by molar-refractivity contribution is 9.10. The highest BCUT2D eigenvalue weighted by Crippen LogP contribution is 2.18. The molecule has 1 atom stereocenters. The lowest BCUT2D eigenvalue weighted by atomic mass is 10.1.